The Morgan fingerprint density at radius 3 is 2.29 bits per heavy atom. The van der Waals surface area contributed by atoms with Gasteiger partial charge in [0, 0.05) is 29.7 Å². The highest BCUT2D eigenvalue weighted by Gasteiger charge is 2.47. The molecule has 0 aromatic heterocycles. The van der Waals surface area contributed by atoms with Crippen molar-refractivity contribution in [2.24, 2.45) is 0 Å². The molecule has 3 aromatic carbocycles. The van der Waals surface area contributed by atoms with E-state index in [0.717, 1.165) is 31.5 Å². The third kappa shape index (κ3) is 3.85. The molecule has 4 nitrogen and oxygen atoms in total. The molecule has 7 heteroatoms. The minimum absolute atomic E-state index is 0.530. The van der Waals surface area contributed by atoms with Crippen molar-refractivity contribution in [2.75, 3.05) is 13.1 Å². The molecule has 31 heavy (non-hydrogen) atoms. The van der Waals surface area contributed by atoms with E-state index in [4.69, 9.17) is 32.7 Å². The summed E-state index contributed by atoms with van der Waals surface area (Å²) >= 11 is 12.7. The first-order chi connectivity index (χ1) is 15.1. The van der Waals surface area contributed by atoms with E-state index in [1.54, 1.807) is 18.2 Å². The summed E-state index contributed by atoms with van der Waals surface area (Å²) in [6.07, 6.45) is 3.33. The third-order valence-electron chi connectivity index (χ3n) is 5.63. The Morgan fingerprint density at radius 2 is 1.55 bits per heavy atom. The van der Waals surface area contributed by atoms with E-state index in [1.807, 2.05) is 52.8 Å². The van der Waals surface area contributed by atoms with Crippen LogP contribution in [-0.2, 0) is 16.8 Å². The lowest BCUT2D eigenvalue weighted by Crippen LogP contribution is -2.37. The number of piperidine rings is 1. The van der Waals surface area contributed by atoms with Crippen LogP contribution in [0.2, 0.25) is 10.0 Å². The lowest BCUT2D eigenvalue weighted by molar-refractivity contribution is -0.0458. The zero-order valence-corrected chi connectivity index (χ0v) is 19.1. The Balaban J connectivity index is 1.55. The van der Waals surface area contributed by atoms with Crippen LogP contribution in [0.3, 0.4) is 0 Å². The van der Waals surface area contributed by atoms with E-state index in [0.29, 0.717) is 32.0 Å². The van der Waals surface area contributed by atoms with Crippen LogP contribution in [0.1, 0.15) is 30.4 Å². The maximum absolute atomic E-state index is 13.1. The molecule has 0 radical (unpaired) electrons. The number of halogens is 2. The molecule has 0 N–H and O–H groups in total. The summed E-state index contributed by atoms with van der Waals surface area (Å²) in [4.78, 5) is 0.704. The van der Waals surface area contributed by atoms with Crippen LogP contribution >= 0.6 is 23.2 Å². The van der Waals surface area contributed by atoms with Crippen molar-refractivity contribution in [3.63, 3.8) is 0 Å². The largest absolute Gasteiger partial charge is 0.440 e. The number of hydrogen-bond acceptors (Lipinski definition) is 3. The summed E-state index contributed by atoms with van der Waals surface area (Å²) in [6, 6.07) is 20.2. The summed E-state index contributed by atoms with van der Waals surface area (Å²) in [5.74, 6) is -0.136. The summed E-state index contributed by atoms with van der Waals surface area (Å²) in [5.41, 5.74) is 1.45. The lowest BCUT2D eigenvalue weighted by Gasteiger charge is -2.29. The fraction of sp³-hybridized carbons (Fsp3) is 0.250. The van der Waals surface area contributed by atoms with Crippen LogP contribution < -0.4 is 9.47 Å². The average molecular weight is 474 g/mol. The fourth-order valence-electron chi connectivity index (χ4n) is 4.05. The molecule has 0 aliphatic carbocycles. The SMILES string of the molecule is O=S(c1ccc2c(c1)OC(c1ccc(Cl)cc1)(c1ccccc1Cl)O2)N1CCCCC1. The molecule has 3 aromatic rings. The number of hydrogen-bond donors (Lipinski definition) is 0. The van der Waals surface area contributed by atoms with Crippen LogP contribution in [0.15, 0.2) is 71.6 Å². The van der Waals surface area contributed by atoms with Gasteiger partial charge in [-0.2, -0.15) is 0 Å². The third-order valence-corrected chi connectivity index (χ3v) is 7.70. The predicted molar refractivity (Wildman–Crippen MR) is 123 cm³/mol. The van der Waals surface area contributed by atoms with Crippen molar-refractivity contribution in [3.05, 3.63) is 87.9 Å². The van der Waals surface area contributed by atoms with Gasteiger partial charge < -0.3 is 9.47 Å². The average Bonchev–Trinajstić information content (AvgIpc) is 3.19. The highest BCUT2D eigenvalue weighted by Crippen LogP contribution is 2.49. The Morgan fingerprint density at radius 1 is 0.839 bits per heavy atom. The van der Waals surface area contributed by atoms with Crippen LogP contribution in [0.4, 0.5) is 0 Å². The number of fused-ring (bicyclic) bond motifs is 1. The quantitative estimate of drug-likeness (QED) is 0.454. The van der Waals surface area contributed by atoms with Gasteiger partial charge in [0.05, 0.1) is 15.5 Å². The maximum Gasteiger partial charge on any atom is 0.307 e. The number of nitrogens with zero attached hydrogens (tertiary/aromatic N) is 1. The van der Waals surface area contributed by atoms with E-state index in [1.165, 1.54) is 6.42 Å². The minimum atomic E-state index is -1.25. The van der Waals surface area contributed by atoms with Gasteiger partial charge in [-0.3, -0.25) is 0 Å². The van der Waals surface area contributed by atoms with Crippen LogP contribution in [0, 0.1) is 0 Å². The number of benzene rings is 3. The molecule has 5 rings (SSSR count). The van der Waals surface area contributed by atoms with Gasteiger partial charge in [0.1, 0.15) is 11.0 Å². The molecule has 2 aliphatic rings. The first-order valence-corrected chi connectivity index (χ1v) is 12.1. The molecule has 0 spiro atoms. The van der Waals surface area contributed by atoms with E-state index in [2.05, 4.69) is 0 Å². The zero-order valence-electron chi connectivity index (χ0n) is 16.7. The molecule has 2 atom stereocenters. The molecule has 2 unspecified atom stereocenters. The second kappa shape index (κ2) is 8.47. The maximum atomic E-state index is 13.1. The molecule has 0 bridgehead atoms. The predicted octanol–water partition coefficient (Wildman–Crippen LogP) is 6.17. The Bertz CT molecular complexity index is 1130. The Labute approximate surface area is 194 Å². The first-order valence-electron chi connectivity index (χ1n) is 10.3. The highest BCUT2D eigenvalue weighted by molar-refractivity contribution is 7.82. The molecule has 2 heterocycles. The van der Waals surface area contributed by atoms with E-state index in [9.17, 15) is 4.21 Å². The summed E-state index contributed by atoms with van der Waals surface area (Å²) in [5, 5.41) is 1.15. The molecule has 0 saturated carbocycles. The van der Waals surface area contributed by atoms with Crippen LogP contribution in [0.5, 0.6) is 11.5 Å². The van der Waals surface area contributed by atoms with Crippen molar-refractivity contribution in [1.29, 1.82) is 0 Å². The molecular formula is C24H21Cl2NO3S. The fourth-order valence-corrected chi connectivity index (χ4v) is 5.72. The molecule has 2 aliphatic heterocycles. The lowest BCUT2D eigenvalue weighted by atomic mass is 9.97. The van der Waals surface area contributed by atoms with Gasteiger partial charge in [0.15, 0.2) is 11.5 Å². The van der Waals surface area contributed by atoms with E-state index in [-0.39, 0.29) is 0 Å². The minimum Gasteiger partial charge on any atom is -0.440 e. The standard InChI is InChI=1S/C24H21Cl2NO3S/c25-18-10-8-17(9-11-18)24(20-6-2-3-7-21(20)26)29-22-13-12-19(16-23(22)30-24)31(28)27-14-4-1-5-15-27/h2-3,6-13,16H,1,4-5,14-15H2. The number of rotatable bonds is 4. The smallest absolute Gasteiger partial charge is 0.307 e. The van der Waals surface area contributed by atoms with Gasteiger partial charge >= 0.3 is 5.79 Å². The summed E-state index contributed by atoms with van der Waals surface area (Å²) < 4.78 is 28.0. The van der Waals surface area contributed by atoms with Crippen molar-refractivity contribution in [1.82, 2.24) is 4.31 Å². The van der Waals surface area contributed by atoms with E-state index < -0.39 is 16.8 Å². The van der Waals surface area contributed by atoms with Gasteiger partial charge in [-0.05, 0) is 61.4 Å². The second-order valence-corrected chi connectivity index (χ2v) is 9.98. The molecule has 0 amide bonds. The normalized spacial score (nSPS) is 21.7. The monoisotopic (exact) mass is 473 g/mol. The first kappa shape index (κ1) is 20.8. The Hall–Kier alpha value is -2.05. The van der Waals surface area contributed by atoms with Gasteiger partial charge in [-0.1, -0.05) is 41.8 Å². The molecule has 1 fully saturated rings. The van der Waals surface area contributed by atoms with Crippen molar-refractivity contribution in [3.8, 4) is 11.5 Å². The van der Waals surface area contributed by atoms with Gasteiger partial charge in [-0.15, -0.1) is 0 Å². The summed E-state index contributed by atoms with van der Waals surface area (Å²) in [7, 11) is -1.23. The molecule has 160 valence electrons. The summed E-state index contributed by atoms with van der Waals surface area (Å²) in [6.45, 7) is 1.69. The van der Waals surface area contributed by atoms with Gasteiger partial charge in [0.25, 0.3) is 0 Å². The van der Waals surface area contributed by atoms with Crippen molar-refractivity contribution >= 4 is 34.2 Å². The Kier molecular flexibility index (Phi) is 5.69. The number of ether oxygens (including phenoxy) is 2. The highest BCUT2D eigenvalue weighted by atomic mass is 35.5. The topological polar surface area (TPSA) is 38.8 Å². The second-order valence-electron chi connectivity index (χ2n) is 7.65. The van der Waals surface area contributed by atoms with E-state index >= 15 is 0 Å². The zero-order chi connectivity index (χ0) is 21.4. The van der Waals surface area contributed by atoms with Crippen LogP contribution in [0.25, 0.3) is 0 Å². The van der Waals surface area contributed by atoms with Gasteiger partial charge in [-0.25, -0.2) is 8.51 Å². The molecule has 1 saturated heterocycles. The van der Waals surface area contributed by atoms with Crippen LogP contribution in [-0.4, -0.2) is 21.6 Å². The van der Waals surface area contributed by atoms with Crippen molar-refractivity contribution < 1.29 is 13.7 Å². The molecular weight excluding hydrogens is 453 g/mol. The van der Waals surface area contributed by atoms with Crippen molar-refractivity contribution in [2.45, 2.75) is 29.9 Å². The van der Waals surface area contributed by atoms with Gasteiger partial charge in [0.2, 0.25) is 0 Å².